The van der Waals surface area contributed by atoms with Gasteiger partial charge < -0.3 is 13.7 Å². The number of benzene rings is 7. The highest BCUT2D eigenvalue weighted by Crippen LogP contribution is 2.45. The molecule has 0 saturated carbocycles. The lowest BCUT2D eigenvalue weighted by molar-refractivity contribution is 1.15. The molecule has 0 bridgehead atoms. The Morgan fingerprint density at radius 2 is 0.735 bits per heavy atom. The van der Waals surface area contributed by atoms with Gasteiger partial charge in [0.25, 0.3) is 0 Å². The smallest absolute Gasteiger partial charge is 0.231 e. The molecular formula is C44H25N5. The van der Waals surface area contributed by atoms with E-state index in [1.165, 1.54) is 0 Å². The van der Waals surface area contributed by atoms with Crippen molar-refractivity contribution in [3.05, 3.63) is 174 Å². The van der Waals surface area contributed by atoms with Crippen LogP contribution in [0.25, 0.3) is 92.2 Å². The van der Waals surface area contributed by atoms with Gasteiger partial charge in [-0.15, -0.1) is 0 Å². The van der Waals surface area contributed by atoms with Crippen LogP contribution in [-0.4, -0.2) is 13.7 Å². The minimum Gasteiger partial charge on any atom is -0.320 e. The van der Waals surface area contributed by atoms with Crippen LogP contribution in [0.15, 0.2) is 152 Å². The minimum absolute atomic E-state index is 0.479. The summed E-state index contributed by atoms with van der Waals surface area (Å²) in [6.45, 7) is 16.8. The van der Waals surface area contributed by atoms with E-state index in [0.717, 1.165) is 71.1 Å². The fourth-order valence-corrected chi connectivity index (χ4v) is 7.84. The first kappa shape index (κ1) is 27.1. The van der Waals surface area contributed by atoms with Gasteiger partial charge in [0.15, 0.2) is 5.69 Å². The van der Waals surface area contributed by atoms with Gasteiger partial charge >= 0.3 is 0 Å². The number of hydrogen-bond acceptors (Lipinski definition) is 0. The summed E-state index contributed by atoms with van der Waals surface area (Å²) >= 11 is 0. The van der Waals surface area contributed by atoms with E-state index in [1.807, 2.05) is 48.5 Å². The van der Waals surface area contributed by atoms with Crippen molar-refractivity contribution in [2.75, 3.05) is 0 Å². The molecule has 0 amide bonds. The Labute approximate surface area is 281 Å². The van der Waals surface area contributed by atoms with Crippen molar-refractivity contribution >= 4 is 76.8 Å². The molecule has 0 fully saturated rings. The zero-order valence-corrected chi connectivity index (χ0v) is 26.2. The third-order valence-electron chi connectivity index (χ3n) is 9.84. The monoisotopic (exact) mass is 623 g/mol. The van der Waals surface area contributed by atoms with Crippen molar-refractivity contribution in [1.29, 1.82) is 0 Å². The highest BCUT2D eigenvalue weighted by atomic mass is 15.1. The van der Waals surface area contributed by atoms with E-state index in [2.05, 4.69) is 127 Å². The van der Waals surface area contributed by atoms with Crippen LogP contribution in [0.3, 0.4) is 0 Å². The van der Waals surface area contributed by atoms with Crippen LogP contribution in [0.2, 0.25) is 0 Å². The average Bonchev–Trinajstić information content (AvgIpc) is 3.79. The molecule has 5 nitrogen and oxygen atoms in total. The molecule has 3 aromatic heterocycles. The lowest BCUT2D eigenvalue weighted by Crippen LogP contribution is -2.00. The maximum Gasteiger partial charge on any atom is 0.231 e. The molecular weight excluding hydrogens is 599 g/mol. The third-order valence-corrected chi connectivity index (χ3v) is 9.84. The topological polar surface area (TPSA) is 23.5 Å². The molecule has 7 aromatic carbocycles. The van der Waals surface area contributed by atoms with Crippen LogP contribution in [0, 0.1) is 13.1 Å². The molecule has 0 spiro atoms. The normalized spacial score (nSPS) is 11.6. The molecule has 0 saturated heterocycles. The number of nitrogens with zero attached hydrogens (tertiary/aromatic N) is 5. The van der Waals surface area contributed by atoms with Crippen molar-refractivity contribution in [3.8, 4) is 17.1 Å². The molecule has 0 unspecified atom stereocenters. The standard InChI is InChI=1S/C44H25N5/c1-45-28-24-42(48-37-21-11-6-16-30(37)31-17-7-12-22-38(31)48)44(46-2)43(25-28)49-39-23-13-9-19-33(39)35-26-40-34(27-41(35)49)32-18-8-10-20-36(32)47(40)29-14-4-3-5-15-29/h3-27H. The predicted octanol–water partition coefficient (Wildman–Crippen LogP) is 12.1. The van der Waals surface area contributed by atoms with Crippen LogP contribution < -0.4 is 0 Å². The van der Waals surface area contributed by atoms with Crippen molar-refractivity contribution in [2.45, 2.75) is 0 Å². The summed E-state index contributed by atoms with van der Waals surface area (Å²) in [5.74, 6) is 0. The second-order valence-electron chi connectivity index (χ2n) is 12.4. The average molecular weight is 624 g/mol. The molecule has 10 rings (SSSR count). The number of aromatic nitrogens is 3. The van der Waals surface area contributed by atoms with Gasteiger partial charge in [-0.25, -0.2) is 9.69 Å². The summed E-state index contributed by atoms with van der Waals surface area (Å²) in [5.41, 5.74) is 9.70. The van der Waals surface area contributed by atoms with Gasteiger partial charge in [-0.1, -0.05) is 91.0 Å². The molecule has 0 radical (unpaired) electrons. The lowest BCUT2D eigenvalue weighted by atomic mass is 10.1. The Morgan fingerprint density at radius 1 is 0.347 bits per heavy atom. The third kappa shape index (κ3) is 3.73. The van der Waals surface area contributed by atoms with E-state index in [1.54, 1.807) is 0 Å². The fourth-order valence-electron chi connectivity index (χ4n) is 7.84. The summed E-state index contributed by atoms with van der Waals surface area (Å²) in [4.78, 5) is 8.19. The number of fused-ring (bicyclic) bond motifs is 9. The van der Waals surface area contributed by atoms with E-state index in [0.29, 0.717) is 22.7 Å². The molecule has 0 atom stereocenters. The molecule has 226 valence electrons. The van der Waals surface area contributed by atoms with Crippen LogP contribution in [0.4, 0.5) is 11.4 Å². The Kier molecular flexibility index (Phi) is 5.64. The Hall–Kier alpha value is -7.08. The zero-order chi connectivity index (χ0) is 32.6. The van der Waals surface area contributed by atoms with Crippen molar-refractivity contribution in [2.24, 2.45) is 0 Å². The first-order chi connectivity index (χ1) is 24.2. The number of rotatable bonds is 3. The first-order valence-electron chi connectivity index (χ1n) is 16.2. The van der Waals surface area contributed by atoms with Gasteiger partial charge in [-0.2, -0.15) is 0 Å². The molecule has 49 heavy (non-hydrogen) atoms. The predicted molar refractivity (Wildman–Crippen MR) is 202 cm³/mol. The Balaban J connectivity index is 1.36. The molecule has 3 heterocycles. The quantitative estimate of drug-likeness (QED) is 0.175. The number of hydrogen-bond donors (Lipinski definition) is 0. The molecule has 0 aliphatic rings. The fraction of sp³-hybridized carbons (Fsp3) is 0. The highest BCUT2D eigenvalue weighted by Gasteiger charge is 2.23. The van der Waals surface area contributed by atoms with Gasteiger partial charge in [0, 0.05) is 49.4 Å². The van der Waals surface area contributed by atoms with Gasteiger partial charge in [0.1, 0.15) is 0 Å². The van der Waals surface area contributed by atoms with Gasteiger partial charge in [0.2, 0.25) is 5.69 Å². The van der Waals surface area contributed by atoms with E-state index in [9.17, 15) is 0 Å². The van der Waals surface area contributed by atoms with Crippen molar-refractivity contribution in [3.63, 3.8) is 0 Å². The van der Waals surface area contributed by atoms with E-state index >= 15 is 0 Å². The highest BCUT2D eigenvalue weighted by molar-refractivity contribution is 6.19. The summed E-state index contributed by atoms with van der Waals surface area (Å²) in [7, 11) is 0. The van der Waals surface area contributed by atoms with Crippen LogP contribution in [0.5, 0.6) is 0 Å². The summed E-state index contributed by atoms with van der Waals surface area (Å²) in [6.07, 6.45) is 0. The second-order valence-corrected chi connectivity index (χ2v) is 12.4. The van der Waals surface area contributed by atoms with Gasteiger partial charge in [-0.3, -0.25) is 0 Å². The summed E-state index contributed by atoms with van der Waals surface area (Å²) < 4.78 is 6.68. The zero-order valence-electron chi connectivity index (χ0n) is 26.2. The van der Waals surface area contributed by atoms with Gasteiger partial charge in [0.05, 0.1) is 46.2 Å². The molecule has 10 aromatic rings. The first-order valence-corrected chi connectivity index (χ1v) is 16.2. The maximum absolute atomic E-state index is 8.65. The number of para-hydroxylation sites is 5. The Bertz CT molecular complexity index is 3020. The van der Waals surface area contributed by atoms with Crippen LogP contribution in [0.1, 0.15) is 0 Å². The van der Waals surface area contributed by atoms with Crippen LogP contribution >= 0.6 is 0 Å². The Morgan fingerprint density at radius 3 is 1.20 bits per heavy atom. The van der Waals surface area contributed by atoms with E-state index in [4.69, 9.17) is 13.1 Å². The van der Waals surface area contributed by atoms with Crippen molar-refractivity contribution < 1.29 is 0 Å². The summed E-state index contributed by atoms with van der Waals surface area (Å²) in [5, 5.41) is 6.68. The second kappa shape index (κ2) is 10.2. The minimum atomic E-state index is 0.479. The van der Waals surface area contributed by atoms with E-state index < -0.39 is 0 Å². The van der Waals surface area contributed by atoms with Crippen LogP contribution in [-0.2, 0) is 0 Å². The van der Waals surface area contributed by atoms with Crippen molar-refractivity contribution in [1.82, 2.24) is 13.7 Å². The maximum atomic E-state index is 8.65. The molecule has 5 heteroatoms. The SMILES string of the molecule is [C-]#[N+]c1cc(-n2c3ccccc3c3ccccc32)c([N+]#[C-])c(-n2c3ccccc3c3cc4c(cc32)c2ccccc2n4-c2ccccc2)c1. The molecule has 0 aliphatic carbocycles. The van der Waals surface area contributed by atoms with E-state index in [-0.39, 0.29) is 0 Å². The lowest BCUT2D eigenvalue weighted by Gasteiger charge is -2.17. The largest absolute Gasteiger partial charge is 0.320 e. The molecule has 0 aliphatic heterocycles. The summed E-state index contributed by atoms with van der Waals surface area (Å²) in [6, 6.07) is 52.3. The molecule has 0 N–H and O–H groups in total. The van der Waals surface area contributed by atoms with Gasteiger partial charge in [-0.05, 0) is 60.7 Å².